The van der Waals surface area contributed by atoms with Crippen molar-refractivity contribution in [2.75, 3.05) is 0 Å². The molecule has 0 amide bonds. The van der Waals surface area contributed by atoms with Crippen LogP contribution in [0.2, 0.25) is 0 Å². The van der Waals surface area contributed by atoms with Crippen molar-refractivity contribution in [3.63, 3.8) is 0 Å². The van der Waals surface area contributed by atoms with Gasteiger partial charge in [0.15, 0.2) is 5.76 Å². The fraction of sp³-hybridized carbons (Fsp3) is 0.556. The summed E-state index contributed by atoms with van der Waals surface area (Å²) in [5, 5.41) is 20.0. The number of hydrogen-bond acceptors (Lipinski definition) is 3. The van der Waals surface area contributed by atoms with Crippen LogP contribution in [-0.2, 0) is 0 Å². The minimum absolute atomic E-state index is 0.116. The third-order valence-electron chi connectivity index (χ3n) is 2.06. The van der Waals surface area contributed by atoms with Gasteiger partial charge in [-0.1, -0.05) is 19.9 Å². The topological polar surface area (TPSA) is 63.4 Å². The zero-order chi connectivity index (χ0) is 10.2. The van der Waals surface area contributed by atoms with Gasteiger partial charge in [0, 0.05) is 12.0 Å². The molecule has 0 atom stereocenters. The fourth-order valence-corrected chi connectivity index (χ4v) is 1.70. The zero-order valence-corrected chi connectivity index (χ0v) is 8.00. The molecule has 0 aromatic rings. The van der Waals surface area contributed by atoms with Gasteiger partial charge in [-0.05, 0) is 12.3 Å². The van der Waals surface area contributed by atoms with Crippen molar-refractivity contribution in [3.8, 4) is 0 Å². The van der Waals surface area contributed by atoms with Gasteiger partial charge in [0.2, 0.25) is 0 Å². The standard InChI is InChI=1S/C9H13NO3/c1-6-4-9(2,3)5-7(11)8(6)10(12)13/h4,11H,5H2,1-3H3. The number of hydrogen-bond donors (Lipinski definition) is 1. The molecule has 4 heteroatoms. The Balaban J connectivity index is 3.13. The Morgan fingerprint density at radius 3 is 2.54 bits per heavy atom. The Morgan fingerprint density at radius 2 is 2.15 bits per heavy atom. The van der Waals surface area contributed by atoms with Crippen molar-refractivity contribution in [1.82, 2.24) is 0 Å². The maximum atomic E-state index is 10.5. The number of nitrogens with zero attached hydrogens (tertiary/aromatic N) is 1. The first kappa shape index (κ1) is 9.77. The summed E-state index contributed by atoms with van der Waals surface area (Å²) in [4.78, 5) is 10.0. The molecule has 0 heterocycles. The molecule has 72 valence electrons. The van der Waals surface area contributed by atoms with E-state index in [2.05, 4.69) is 0 Å². The van der Waals surface area contributed by atoms with Gasteiger partial charge in [0.05, 0.1) is 4.92 Å². The van der Waals surface area contributed by atoms with E-state index in [0.29, 0.717) is 12.0 Å². The SMILES string of the molecule is CC1=CC(C)(C)CC(O)=C1[N+](=O)[O-]. The molecule has 1 aliphatic carbocycles. The molecule has 0 fully saturated rings. The highest BCUT2D eigenvalue weighted by molar-refractivity contribution is 5.32. The van der Waals surface area contributed by atoms with E-state index in [-0.39, 0.29) is 16.9 Å². The monoisotopic (exact) mass is 183 g/mol. The summed E-state index contributed by atoms with van der Waals surface area (Å²) in [7, 11) is 0. The minimum Gasteiger partial charge on any atom is -0.506 e. The van der Waals surface area contributed by atoms with Crippen LogP contribution >= 0.6 is 0 Å². The van der Waals surface area contributed by atoms with Crippen LogP contribution in [-0.4, -0.2) is 10.0 Å². The van der Waals surface area contributed by atoms with Gasteiger partial charge < -0.3 is 5.11 Å². The maximum Gasteiger partial charge on any atom is 0.308 e. The lowest BCUT2D eigenvalue weighted by Crippen LogP contribution is -2.19. The number of aliphatic hydroxyl groups excluding tert-OH is 1. The van der Waals surface area contributed by atoms with Crippen molar-refractivity contribution in [1.29, 1.82) is 0 Å². The largest absolute Gasteiger partial charge is 0.506 e. The number of allylic oxidation sites excluding steroid dienone is 3. The van der Waals surface area contributed by atoms with Gasteiger partial charge in [-0.2, -0.15) is 0 Å². The molecule has 4 nitrogen and oxygen atoms in total. The molecular formula is C9H13NO3. The molecule has 0 saturated carbocycles. The first-order valence-corrected chi connectivity index (χ1v) is 4.10. The molecule has 0 unspecified atom stereocenters. The van der Waals surface area contributed by atoms with E-state index in [1.165, 1.54) is 0 Å². The van der Waals surface area contributed by atoms with Crippen molar-refractivity contribution in [3.05, 3.63) is 33.2 Å². The first-order valence-electron chi connectivity index (χ1n) is 4.10. The summed E-state index contributed by atoms with van der Waals surface area (Å²) in [6, 6.07) is 0. The molecule has 1 N–H and O–H groups in total. The third kappa shape index (κ3) is 1.88. The highest BCUT2D eigenvalue weighted by atomic mass is 16.6. The summed E-state index contributed by atoms with van der Waals surface area (Å²) in [5.74, 6) is -0.116. The van der Waals surface area contributed by atoms with E-state index in [1.54, 1.807) is 6.92 Å². The summed E-state index contributed by atoms with van der Waals surface area (Å²) in [6.07, 6.45) is 2.16. The highest BCUT2D eigenvalue weighted by Gasteiger charge is 2.31. The van der Waals surface area contributed by atoms with E-state index >= 15 is 0 Å². The zero-order valence-electron chi connectivity index (χ0n) is 8.00. The molecule has 0 radical (unpaired) electrons. The molecule has 1 aliphatic rings. The minimum atomic E-state index is -0.531. The quantitative estimate of drug-likeness (QED) is 0.501. The average molecular weight is 183 g/mol. The maximum absolute atomic E-state index is 10.5. The van der Waals surface area contributed by atoms with Gasteiger partial charge in [-0.3, -0.25) is 10.1 Å². The van der Waals surface area contributed by atoms with Crippen LogP contribution in [0.4, 0.5) is 0 Å². The van der Waals surface area contributed by atoms with Crippen LogP contribution in [0.3, 0.4) is 0 Å². The van der Waals surface area contributed by atoms with Crippen molar-refractivity contribution in [2.45, 2.75) is 27.2 Å². The lowest BCUT2D eigenvalue weighted by Gasteiger charge is -2.24. The van der Waals surface area contributed by atoms with Gasteiger partial charge in [0.25, 0.3) is 0 Å². The average Bonchev–Trinajstić information content (AvgIpc) is 1.78. The molecule has 0 saturated heterocycles. The lowest BCUT2D eigenvalue weighted by molar-refractivity contribution is -0.424. The Morgan fingerprint density at radius 1 is 1.62 bits per heavy atom. The van der Waals surface area contributed by atoms with Gasteiger partial charge in [-0.15, -0.1) is 0 Å². The van der Waals surface area contributed by atoms with E-state index < -0.39 is 4.92 Å². The van der Waals surface area contributed by atoms with E-state index in [1.807, 2.05) is 19.9 Å². The van der Waals surface area contributed by atoms with Crippen LogP contribution in [0.15, 0.2) is 23.1 Å². The number of rotatable bonds is 1. The Hall–Kier alpha value is -1.32. The predicted octanol–water partition coefficient (Wildman–Crippen LogP) is 2.41. The van der Waals surface area contributed by atoms with Crippen molar-refractivity contribution in [2.24, 2.45) is 5.41 Å². The molecule has 0 spiro atoms. The predicted molar refractivity (Wildman–Crippen MR) is 48.8 cm³/mol. The molecule has 0 aromatic heterocycles. The Bertz CT molecular complexity index is 313. The smallest absolute Gasteiger partial charge is 0.308 e. The van der Waals surface area contributed by atoms with Crippen LogP contribution in [0.1, 0.15) is 27.2 Å². The van der Waals surface area contributed by atoms with E-state index in [9.17, 15) is 15.2 Å². The van der Waals surface area contributed by atoms with Crippen molar-refractivity contribution < 1.29 is 10.0 Å². The molecule has 0 aromatic carbocycles. The van der Waals surface area contributed by atoms with Crippen LogP contribution < -0.4 is 0 Å². The van der Waals surface area contributed by atoms with Crippen LogP contribution in [0, 0.1) is 15.5 Å². The highest BCUT2D eigenvalue weighted by Crippen LogP contribution is 2.35. The summed E-state index contributed by atoms with van der Waals surface area (Å²) in [6.45, 7) is 5.52. The molecule has 1 rings (SSSR count). The van der Waals surface area contributed by atoms with E-state index in [4.69, 9.17) is 0 Å². The van der Waals surface area contributed by atoms with Crippen LogP contribution in [0.5, 0.6) is 0 Å². The van der Waals surface area contributed by atoms with Gasteiger partial charge in [0.1, 0.15) is 0 Å². The lowest BCUT2D eigenvalue weighted by atomic mass is 9.81. The van der Waals surface area contributed by atoms with Crippen molar-refractivity contribution >= 4 is 0 Å². The summed E-state index contributed by atoms with van der Waals surface area (Å²) in [5.41, 5.74) is 0.214. The second-order valence-electron chi connectivity index (χ2n) is 4.05. The Kier molecular flexibility index (Phi) is 2.15. The third-order valence-corrected chi connectivity index (χ3v) is 2.06. The molecule has 0 bridgehead atoms. The first-order chi connectivity index (χ1) is 5.83. The summed E-state index contributed by atoms with van der Waals surface area (Å²) >= 11 is 0. The summed E-state index contributed by atoms with van der Waals surface area (Å²) < 4.78 is 0. The second kappa shape index (κ2) is 2.87. The van der Waals surface area contributed by atoms with Gasteiger partial charge in [-0.25, -0.2) is 0 Å². The fourth-order valence-electron chi connectivity index (χ4n) is 1.70. The molecule has 0 aliphatic heterocycles. The molecular weight excluding hydrogens is 170 g/mol. The Labute approximate surface area is 76.7 Å². The number of nitro groups is 1. The van der Waals surface area contributed by atoms with E-state index in [0.717, 1.165) is 0 Å². The second-order valence-corrected chi connectivity index (χ2v) is 4.05. The van der Waals surface area contributed by atoms with Crippen LogP contribution in [0.25, 0.3) is 0 Å². The normalized spacial score (nSPS) is 21.3. The number of aliphatic hydroxyl groups is 1. The molecule has 13 heavy (non-hydrogen) atoms. The van der Waals surface area contributed by atoms with Gasteiger partial charge >= 0.3 is 5.70 Å².